The second-order valence-corrected chi connectivity index (χ2v) is 39.8. The molecule has 19 heterocycles. The minimum absolute atomic E-state index is 0.286. The van der Waals surface area contributed by atoms with E-state index in [9.17, 15) is 24.0 Å². The van der Waals surface area contributed by atoms with E-state index in [2.05, 4.69) is 230 Å². The van der Waals surface area contributed by atoms with Crippen LogP contribution >= 0.6 is 34.0 Å². The van der Waals surface area contributed by atoms with Crippen molar-refractivity contribution in [3.05, 3.63) is 283 Å². The normalized spacial score (nSPS) is 14.6. The summed E-state index contributed by atoms with van der Waals surface area (Å²) in [5.41, 5.74) is 10.7. The molecule has 744 valence electrons. The number of nitrogens with one attached hydrogen (secondary N) is 19. The topological polar surface area (TPSA) is 570 Å². The standard InChI is InChI=1S/C22H23N7O.C21H18N8OS.C20H22N8OS.C18H18N8O2.C18H18N8OS/c1-13-5-4-6-17(9-13)28(3)19-11-20(25-16-7-8-16)29-21(27-19)15(12-23-29)10-18-14(2)24-22(30)26-18;1-11-15(25-20(30)23-11)8-12-10-22-29-18(24-13-6-7-13)9-17(27-19(12)29)28-21-26-14-4-2-3-5-16(14)31-21;1-10(2)15-9-30-20(25-15)27-16-7-17(23-13-4-5-13)28-18(26-16)12(8-21-28)6-14-11(3)22-19(29)24-14;1-9-8-28-18(20-9)25-14-6-15(22-12-3-4-12)26-16(24-14)11(7-19-26)5-13-10(2)21-17(27)23-13;1-9-7-19-18(28-9)25-14-6-15(22-12-3-4-12)26-16(24-14)11(8-20-26)5-13-10(2)21-17(27)23-13/h4-6,9-12,16,25H,2,7-8H2,1,3H3,(H2,24,26,30);2-5,8-10,13,24H,1,6-7H2,(H2,23,25,30)(H,26,27,28);6-10,13,23H,3-5H2,1-2H3,(H2,22,24,29)(H,25,26,27);5-8,12,22H,2-4H2,1H3,(H,20,24,25)(H2,21,23,27);5-8,12,22H,2-4H2,1H3,(H,19,24,25)(H2,21,23,27)/b18-10-;15-8-;14-6-;2*13-5-. The van der Waals surface area contributed by atoms with E-state index in [1.165, 1.54) is 5.56 Å². The van der Waals surface area contributed by atoms with E-state index in [-0.39, 0.29) is 28.4 Å². The van der Waals surface area contributed by atoms with Gasteiger partial charge < -0.3 is 102 Å². The quantitative estimate of drug-likeness (QED) is 0.0257. The van der Waals surface area contributed by atoms with Crippen molar-refractivity contribution in [1.82, 2.24) is 143 Å². The highest BCUT2D eigenvalue weighted by atomic mass is 32.1. The van der Waals surface area contributed by atoms with Crippen LogP contribution in [0.3, 0.4) is 0 Å². The van der Waals surface area contributed by atoms with E-state index in [0.717, 1.165) is 174 Å². The third-order valence-corrected chi connectivity index (χ3v) is 26.7. The summed E-state index contributed by atoms with van der Waals surface area (Å²) in [5, 5.41) is 63.1. The number of hydrogen-bond acceptors (Lipinski definition) is 33. The average Bonchev–Trinajstić information content (AvgIpc) is 1.64. The second kappa shape index (κ2) is 39.2. The number of anilines is 15. The molecule has 0 bridgehead atoms. The van der Waals surface area contributed by atoms with E-state index >= 15 is 0 Å². The van der Waals surface area contributed by atoms with Gasteiger partial charge in [-0.15, -0.1) is 22.7 Å². The molecule has 19 N–H and O–H groups in total. The number of imidazole rings is 5. The van der Waals surface area contributed by atoms with Gasteiger partial charge >= 0.3 is 28.4 Å². The lowest BCUT2D eigenvalue weighted by Gasteiger charge is -2.20. The fourth-order valence-corrected chi connectivity index (χ4v) is 18.3. The minimum Gasteiger partial charge on any atom is -0.432 e. The highest BCUT2D eigenvalue weighted by Crippen LogP contribution is 2.37. The Morgan fingerprint density at radius 2 is 0.769 bits per heavy atom. The summed E-state index contributed by atoms with van der Waals surface area (Å²) < 4.78 is 15.4. The molecule has 5 aliphatic carbocycles. The molecule has 0 unspecified atom stereocenters. The Balaban J connectivity index is 0.000000104. The first kappa shape index (κ1) is 93.6. The molecule has 0 amide bonds. The van der Waals surface area contributed by atoms with Gasteiger partial charge in [0.15, 0.2) is 43.6 Å². The van der Waals surface area contributed by atoms with Crippen molar-refractivity contribution < 1.29 is 4.42 Å². The van der Waals surface area contributed by atoms with E-state index < -0.39 is 0 Å². The molecular formula is C99H99N39O6S3. The first-order valence-corrected chi connectivity index (χ1v) is 49.9. The average molecular weight is 2030 g/mol. The molecule has 0 atom stereocenters. The van der Waals surface area contributed by atoms with Crippen molar-refractivity contribution in [2.45, 2.75) is 135 Å². The van der Waals surface area contributed by atoms with Gasteiger partial charge in [0.2, 0.25) is 0 Å². The van der Waals surface area contributed by atoms with Crippen molar-refractivity contribution in [1.29, 1.82) is 0 Å². The van der Waals surface area contributed by atoms with Crippen LogP contribution in [-0.2, 0) is 0 Å². The Kier molecular flexibility index (Phi) is 24.9. The highest BCUT2D eigenvalue weighted by Gasteiger charge is 2.30. The van der Waals surface area contributed by atoms with Crippen LogP contribution in [0.1, 0.15) is 134 Å². The van der Waals surface area contributed by atoms with Gasteiger partial charge in [-0.05, 0) is 151 Å². The largest absolute Gasteiger partial charge is 0.432 e. The summed E-state index contributed by atoms with van der Waals surface area (Å²) in [4.78, 5) is 129. The lowest BCUT2D eigenvalue weighted by atomic mass is 10.2. The Morgan fingerprint density at radius 1 is 0.401 bits per heavy atom. The van der Waals surface area contributed by atoms with Crippen molar-refractivity contribution in [2.24, 2.45) is 0 Å². The molecule has 147 heavy (non-hydrogen) atoms. The van der Waals surface area contributed by atoms with E-state index in [0.29, 0.717) is 147 Å². The van der Waals surface area contributed by atoms with E-state index in [4.69, 9.17) is 24.4 Å². The Bertz CT molecular complexity index is 9370. The smallest absolute Gasteiger partial charge is 0.323 e. The maximum absolute atomic E-state index is 11.6. The number of thiazole rings is 3. The van der Waals surface area contributed by atoms with Gasteiger partial charge in [0.1, 0.15) is 64.4 Å². The van der Waals surface area contributed by atoms with Crippen LogP contribution in [0, 0.1) is 20.8 Å². The fraction of sp³-hybridized carbons (Fsp3) is 0.222. The molecule has 0 aliphatic heterocycles. The van der Waals surface area contributed by atoms with Crippen LogP contribution in [0.25, 0.3) is 102 Å². The number of fused-ring (bicyclic) bond motifs is 6. The molecule has 0 saturated heterocycles. The Hall–Kier alpha value is -18.3. The number of aryl methyl sites for hydroxylation is 3. The summed E-state index contributed by atoms with van der Waals surface area (Å²) in [6.45, 7) is 29.5. The number of aromatic nitrogens is 29. The van der Waals surface area contributed by atoms with Crippen molar-refractivity contribution in [3.8, 4) is 0 Å². The zero-order valence-electron chi connectivity index (χ0n) is 80.2. The van der Waals surface area contributed by atoms with Crippen molar-refractivity contribution in [3.63, 3.8) is 0 Å². The van der Waals surface area contributed by atoms with Gasteiger partial charge in [-0.1, -0.05) is 82.3 Å². The number of oxazole rings is 1. The molecule has 26 rings (SSSR count). The van der Waals surface area contributed by atoms with Gasteiger partial charge in [-0.3, -0.25) is 5.32 Å². The third-order valence-electron chi connectivity index (χ3n) is 24.1. The van der Waals surface area contributed by atoms with Crippen LogP contribution in [0.5, 0.6) is 0 Å². The van der Waals surface area contributed by atoms with E-state index in [1.54, 1.807) is 95.4 Å². The third kappa shape index (κ3) is 21.6. The van der Waals surface area contributed by atoms with Crippen molar-refractivity contribution in [2.75, 3.05) is 59.8 Å². The fourth-order valence-electron chi connectivity index (χ4n) is 15.8. The molecule has 0 radical (unpaired) electrons. The zero-order chi connectivity index (χ0) is 101. The van der Waals surface area contributed by atoms with Gasteiger partial charge in [0.25, 0.3) is 6.01 Å². The molecule has 48 heteroatoms. The SMILES string of the molecule is C=c1[nH]c(=O)[nH]/c1=C\c1cnn2c(NC3CC3)cc(N(C)c3cccc(C)c3)nc12.C=c1[nH]c(=O)[nH]/c1=C\c1cnn2c(NC3CC3)cc(Nc3nc(C(C)C)cs3)nc12.C=c1[nH]c(=O)[nH]/c1=C\c1cnn2c(NC3CC3)cc(Nc3nc(C)co3)nc12.C=c1[nH]c(=O)[nH]/c1=C\c1cnn2c(NC3CC3)cc(Nc3nc4ccccc4s3)nc12.C=c1[nH]c(=O)[nH]/c1=C\c1cnn2c(NC3CC3)cc(Nc3ncc(C)s3)nc12. The van der Waals surface area contributed by atoms with Gasteiger partial charge in [-0.25, -0.2) is 63.8 Å². The first-order valence-electron chi connectivity index (χ1n) is 47.4. The minimum atomic E-state index is -0.307. The number of hydrogen-bond donors (Lipinski definition) is 19. The summed E-state index contributed by atoms with van der Waals surface area (Å²) in [6.07, 6.45) is 32.5. The molecular weight excluding hydrogens is 1930 g/mol. The lowest BCUT2D eigenvalue weighted by molar-refractivity contribution is 0.576. The number of H-pyrrole nitrogens is 10. The predicted molar refractivity (Wildman–Crippen MR) is 573 cm³/mol. The van der Waals surface area contributed by atoms with Gasteiger partial charge in [0.05, 0.1) is 106 Å². The highest BCUT2D eigenvalue weighted by molar-refractivity contribution is 7.22. The van der Waals surface area contributed by atoms with Gasteiger partial charge in [-0.2, -0.15) is 53.1 Å². The van der Waals surface area contributed by atoms with Crippen LogP contribution in [0.4, 0.5) is 85.3 Å². The number of aromatic amines is 10. The summed E-state index contributed by atoms with van der Waals surface area (Å²) in [6, 6.07) is 28.7. The van der Waals surface area contributed by atoms with E-state index in [1.807, 2.05) is 117 Å². The Labute approximate surface area is 841 Å². The summed E-state index contributed by atoms with van der Waals surface area (Å²) in [7, 11) is 2.01. The van der Waals surface area contributed by atoms with Crippen LogP contribution in [0.2, 0.25) is 0 Å². The number of rotatable bonds is 26. The molecule has 45 nitrogen and oxygen atoms in total. The maximum Gasteiger partial charge on any atom is 0.323 e. The zero-order valence-corrected chi connectivity index (χ0v) is 82.6. The predicted octanol–water partition coefficient (Wildman–Crippen LogP) is 7.10. The van der Waals surface area contributed by atoms with Crippen LogP contribution in [-0.4, -0.2) is 180 Å². The molecule has 5 aliphatic rings. The maximum atomic E-state index is 11.6. The molecule has 19 aromatic heterocycles. The van der Waals surface area contributed by atoms with Gasteiger partial charge in [0, 0.05) is 118 Å². The lowest BCUT2D eigenvalue weighted by Crippen LogP contribution is -2.22. The first-order chi connectivity index (χ1) is 71.1. The monoisotopic (exact) mass is 2030 g/mol. The molecule has 2 aromatic carbocycles. The summed E-state index contributed by atoms with van der Waals surface area (Å²) >= 11 is 4.71. The van der Waals surface area contributed by atoms with Crippen LogP contribution < -0.4 is 135 Å². The summed E-state index contributed by atoms with van der Waals surface area (Å²) in [5.74, 6) is 8.08. The number of para-hydroxylation sites is 1. The Morgan fingerprint density at radius 3 is 1.10 bits per heavy atom. The molecule has 0 spiro atoms. The molecule has 5 saturated carbocycles. The van der Waals surface area contributed by atoms with Crippen molar-refractivity contribution >= 4 is 221 Å². The molecule has 21 aromatic rings. The number of nitrogens with zero attached hydrogens (tertiary/aromatic N) is 20. The molecule has 5 fully saturated rings. The van der Waals surface area contributed by atoms with Crippen LogP contribution in [0.15, 0.2) is 156 Å². The second-order valence-electron chi connectivity index (χ2n) is 36.6. The number of benzene rings is 2.